The molecule has 14 heteroatoms. The lowest BCUT2D eigenvalue weighted by atomic mass is 9.73. The lowest BCUT2D eigenvalue weighted by Crippen LogP contribution is -2.27. The standard InChI is InChI=1S/C38H56N2O10S2/c1-37(2,33-19-27(23-45-5)35(28(20-33)24-46-6)49-17-15-39-51(9,41)42)31-11-13-32(14-12-31)38(3,4)34-21-29(25-47-7)36(30(22-34)26-48-8)50-18-16-40-52(10,43)44/h11-14,19-22,39-40H,15-18,23-26H2,1-10H3. The highest BCUT2D eigenvalue weighted by molar-refractivity contribution is 7.89. The maximum atomic E-state index is 11.5. The molecule has 3 aromatic rings. The largest absolute Gasteiger partial charge is 0.491 e. The van der Waals surface area contributed by atoms with E-state index in [1.807, 2.05) is 0 Å². The van der Waals surface area contributed by atoms with Crippen molar-refractivity contribution in [2.24, 2.45) is 0 Å². The van der Waals surface area contributed by atoms with E-state index in [0.29, 0.717) is 37.9 Å². The highest BCUT2D eigenvalue weighted by Crippen LogP contribution is 2.40. The Morgan fingerprint density at radius 1 is 0.500 bits per heavy atom. The van der Waals surface area contributed by atoms with Crippen molar-refractivity contribution in [3.05, 3.63) is 93.0 Å². The van der Waals surface area contributed by atoms with Crippen molar-refractivity contribution in [3.8, 4) is 11.5 Å². The molecular formula is C38H56N2O10S2. The topological polar surface area (TPSA) is 148 Å². The number of hydrogen-bond acceptors (Lipinski definition) is 10. The van der Waals surface area contributed by atoms with Gasteiger partial charge in [-0.25, -0.2) is 26.3 Å². The fourth-order valence-electron chi connectivity index (χ4n) is 6.05. The lowest BCUT2D eigenvalue weighted by molar-refractivity contribution is 0.170. The van der Waals surface area contributed by atoms with Crippen LogP contribution in [0.3, 0.4) is 0 Å². The third-order valence-electron chi connectivity index (χ3n) is 8.88. The fraction of sp³-hybridized carbons (Fsp3) is 0.526. The van der Waals surface area contributed by atoms with E-state index < -0.39 is 30.9 Å². The minimum absolute atomic E-state index is 0.137. The molecule has 0 unspecified atom stereocenters. The molecule has 0 atom stereocenters. The van der Waals surface area contributed by atoms with Crippen LogP contribution in [-0.4, -0.2) is 84.1 Å². The van der Waals surface area contributed by atoms with Crippen molar-refractivity contribution in [2.75, 3.05) is 67.3 Å². The summed E-state index contributed by atoms with van der Waals surface area (Å²) in [4.78, 5) is 0. The van der Waals surface area contributed by atoms with Crippen molar-refractivity contribution in [1.29, 1.82) is 0 Å². The van der Waals surface area contributed by atoms with Gasteiger partial charge in [-0.2, -0.15) is 0 Å². The van der Waals surface area contributed by atoms with Crippen LogP contribution in [0.15, 0.2) is 48.5 Å². The molecule has 0 aromatic heterocycles. The van der Waals surface area contributed by atoms with Gasteiger partial charge in [0.1, 0.15) is 24.7 Å². The molecule has 290 valence electrons. The summed E-state index contributed by atoms with van der Waals surface area (Å²) < 4.78 is 85.4. The van der Waals surface area contributed by atoms with Crippen LogP contribution in [0.2, 0.25) is 0 Å². The van der Waals surface area contributed by atoms with Gasteiger partial charge < -0.3 is 28.4 Å². The molecule has 52 heavy (non-hydrogen) atoms. The minimum Gasteiger partial charge on any atom is -0.491 e. The zero-order valence-corrected chi connectivity index (χ0v) is 33.8. The van der Waals surface area contributed by atoms with Crippen molar-refractivity contribution in [3.63, 3.8) is 0 Å². The van der Waals surface area contributed by atoms with Gasteiger partial charge in [-0.15, -0.1) is 0 Å². The van der Waals surface area contributed by atoms with E-state index in [9.17, 15) is 16.8 Å². The van der Waals surface area contributed by atoms with E-state index in [2.05, 4.69) is 85.7 Å². The smallest absolute Gasteiger partial charge is 0.208 e. The van der Waals surface area contributed by atoms with Gasteiger partial charge in [0.25, 0.3) is 0 Å². The molecule has 0 amide bonds. The molecule has 0 aliphatic heterocycles. The quantitative estimate of drug-likeness (QED) is 0.137. The van der Waals surface area contributed by atoms with Crippen molar-refractivity contribution in [2.45, 2.75) is 65.0 Å². The molecule has 0 saturated heterocycles. The van der Waals surface area contributed by atoms with Crippen LogP contribution >= 0.6 is 0 Å². The molecule has 0 bridgehead atoms. The monoisotopic (exact) mass is 764 g/mol. The molecule has 0 heterocycles. The molecule has 3 rings (SSSR count). The Balaban J connectivity index is 1.97. The number of benzene rings is 3. The fourth-order valence-corrected chi connectivity index (χ4v) is 6.96. The Morgan fingerprint density at radius 2 is 0.769 bits per heavy atom. The summed E-state index contributed by atoms with van der Waals surface area (Å²) in [6.45, 7) is 10.5. The van der Waals surface area contributed by atoms with Gasteiger partial charge >= 0.3 is 0 Å². The highest BCUT2D eigenvalue weighted by atomic mass is 32.2. The second kappa shape index (κ2) is 18.8. The predicted octanol–water partition coefficient (Wildman–Crippen LogP) is 4.78. The van der Waals surface area contributed by atoms with Crippen LogP contribution in [-0.2, 0) is 76.3 Å². The number of ether oxygens (including phenoxy) is 6. The molecule has 0 saturated carbocycles. The molecule has 2 N–H and O–H groups in total. The number of rotatable bonds is 22. The second-order valence-corrected chi connectivity index (χ2v) is 17.5. The van der Waals surface area contributed by atoms with Crippen LogP contribution in [0, 0.1) is 0 Å². The van der Waals surface area contributed by atoms with Gasteiger partial charge in [0.15, 0.2) is 0 Å². The zero-order chi connectivity index (χ0) is 38.7. The highest BCUT2D eigenvalue weighted by Gasteiger charge is 2.29. The molecule has 0 radical (unpaired) electrons. The van der Waals surface area contributed by atoms with Crippen LogP contribution in [0.4, 0.5) is 0 Å². The van der Waals surface area contributed by atoms with Gasteiger partial charge in [0.2, 0.25) is 20.0 Å². The molecule has 0 fully saturated rings. The summed E-state index contributed by atoms with van der Waals surface area (Å²) >= 11 is 0. The van der Waals surface area contributed by atoms with Gasteiger partial charge in [0, 0.05) is 74.6 Å². The third-order valence-corrected chi connectivity index (χ3v) is 10.3. The first-order valence-electron chi connectivity index (χ1n) is 16.9. The normalized spacial score (nSPS) is 12.7. The van der Waals surface area contributed by atoms with E-state index >= 15 is 0 Å². The number of sulfonamides is 2. The Hall–Kier alpha value is -3.08. The van der Waals surface area contributed by atoms with Gasteiger partial charge in [-0.1, -0.05) is 52.0 Å². The first-order chi connectivity index (χ1) is 24.4. The molecule has 3 aromatic carbocycles. The summed E-state index contributed by atoms with van der Waals surface area (Å²) in [7, 11) is -0.170. The summed E-state index contributed by atoms with van der Waals surface area (Å²) in [6.07, 6.45) is 2.23. The summed E-state index contributed by atoms with van der Waals surface area (Å²) in [6, 6.07) is 16.9. The van der Waals surface area contributed by atoms with Crippen molar-refractivity contribution < 1.29 is 45.3 Å². The number of hydrogen-bond donors (Lipinski definition) is 2. The summed E-state index contributed by atoms with van der Waals surface area (Å²) in [5.74, 6) is 1.25. The predicted molar refractivity (Wildman–Crippen MR) is 203 cm³/mol. The lowest BCUT2D eigenvalue weighted by Gasteiger charge is -2.31. The van der Waals surface area contributed by atoms with E-state index in [-0.39, 0.29) is 26.3 Å². The Kier molecular flexibility index (Phi) is 15.7. The SMILES string of the molecule is COCc1cc(C(C)(C)c2ccc(C(C)(C)c3cc(COC)c(OCCNS(C)(=O)=O)c(COC)c3)cc2)cc(COC)c1OCCNS(C)(=O)=O. The van der Waals surface area contributed by atoms with E-state index in [0.717, 1.165) is 57.0 Å². The van der Waals surface area contributed by atoms with Crippen molar-refractivity contribution >= 4 is 20.0 Å². The summed E-state index contributed by atoms with van der Waals surface area (Å²) in [5.41, 5.74) is 6.87. The van der Waals surface area contributed by atoms with E-state index in [1.165, 1.54) is 0 Å². The Labute approximate surface area is 310 Å². The maximum Gasteiger partial charge on any atom is 0.208 e. The van der Waals surface area contributed by atoms with Gasteiger partial charge in [-0.3, -0.25) is 0 Å². The molecular weight excluding hydrogens is 709 g/mol. The van der Waals surface area contributed by atoms with Crippen LogP contribution in [0.1, 0.15) is 72.2 Å². The molecule has 0 spiro atoms. The van der Waals surface area contributed by atoms with E-state index in [4.69, 9.17) is 28.4 Å². The Morgan fingerprint density at radius 3 is 1.00 bits per heavy atom. The maximum absolute atomic E-state index is 11.5. The zero-order valence-electron chi connectivity index (χ0n) is 32.2. The van der Waals surface area contributed by atoms with Gasteiger partial charge in [-0.05, 0) is 46.5 Å². The van der Waals surface area contributed by atoms with Crippen LogP contribution < -0.4 is 18.9 Å². The van der Waals surface area contributed by atoms with Gasteiger partial charge in [0.05, 0.1) is 38.9 Å². The van der Waals surface area contributed by atoms with Crippen LogP contribution in [0.25, 0.3) is 0 Å². The third kappa shape index (κ3) is 12.0. The Bertz CT molecular complexity index is 1650. The average Bonchev–Trinajstić information content (AvgIpc) is 3.06. The van der Waals surface area contributed by atoms with E-state index in [1.54, 1.807) is 28.4 Å². The number of nitrogens with one attached hydrogen (secondary N) is 2. The second-order valence-electron chi connectivity index (χ2n) is 13.8. The van der Waals surface area contributed by atoms with Crippen molar-refractivity contribution in [1.82, 2.24) is 9.44 Å². The first-order valence-corrected chi connectivity index (χ1v) is 20.7. The molecule has 12 nitrogen and oxygen atoms in total. The number of methoxy groups -OCH3 is 4. The average molecular weight is 765 g/mol. The minimum atomic E-state index is -3.33. The summed E-state index contributed by atoms with van der Waals surface area (Å²) in [5, 5.41) is 0. The molecule has 0 aliphatic rings. The first kappa shape index (κ1) is 43.3. The molecule has 0 aliphatic carbocycles. The van der Waals surface area contributed by atoms with Crippen LogP contribution in [0.5, 0.6) is 11.5 Å².